The van der Waals surface area contributed by atoms with E-state index in [1.165, 1.54) is 11.3 Å². The van der Waals surface area contributed by atoms with Crippen LogP contribution in [-0.4, -0.2) is 22.5 Å². The quantitative estimate of drug-likeness (QED) is 0.395. The first-order valence-electron chi connectivity index (χ1n) is 9.29. The van der Waals surface area contributed by atoms with Gasteiger partial charge in [0.1, 0.15) is 0 Å². The Balaban J connectivity index is 1.50. The van der Waals surface area contributed by atoms with Gasteiger partial charge in [0.15, 0.2) is 0 Å². The minimum Gasteiger partial charge on any atom is -0.387 e. The lowest BCUT2D eigenvalue weighted by Crippen LogP contribution is -2.24. The van der Waals surface area contributed by atoms with Gasteiger partial charge in [-0.25, -0.2) is 0 Å². The molecule has 4 rings (SSSR count). The number of hydrogen-bond donors (Lipinski definition) is 3. The maximum absolute atomic E-state index is 13.1. The Kier molecular flexibility index (Phi) is 5.57. The molecule has 0 bridgehead atoms. The van der Waals surface area contributed by atoms with Gasteiger partial charge in [-0.2, -0.15) is 0 Å². The third kappa shape index (κ3) is 4.22. The van der Waals surface area contributed by atoms with E-state index in [2.05, 4.69) is 5.32 Å². The van der Waals surface area contributed by atoms with Gasteiger partial charge in [-0.3, -0.25) is 15.0 Å². The van der Waals surface area contributed by atoms with Crippen molar-refractivity contribution in [3.63, 3.8) is 0 Å². The number of fused-ring (bicyclic) bond motifs is 1. The van der Waals surface area contributed by atoms with E-state index in [-0.39, 0.29) is 17.6 Å². The molecule has 0 spiro atoms. The number of benzene rings is 2. The summed E-state index contributed by atoms with van der Waals surface area (Å²) in [5.74, 6) is -0.280. The van der Waals surface area contributed by atoms with Gasteiger partial charge >= 0.3 is 0 Å². The molecule has 0 saturated carbocycles. The predicted octanol–water partition coefficient (Wildman–Crippen LogP) is 4.29. The zero-order valence-electron chi connectivity index (χ0n) is 15.9. The number of carbonyl (C=O) groups excluding carboxylic acids is 2. The average Bonchev–Trinajstić information content (AvgIpc) is 3.27. The number of hydrogen-bond acceptors (Lipinski definition) is 4. The molecule has 1 aromatic heterocycles. The lowest BCUT2D eigenvalue weighted by atomic mass is 10.1. The largest absolute Gasteiger partial charge is 0.387 e. The summed E-state index contributed by atoms with van der Waals surface area (Å²) in [7, 11) is 0. The summed E-state index contributed by atoms with van der Waals surface area (Å²) >= 11 is 7.11. The molecule has 0 fully saturated rings. The van der Waals surface area contributed by atoms with Crippen LogP contribution >= 0.6 is 22.9 Å². The summed E-state index contributed by atoms with van der Waals surface area (Å²) in [4.78, 5) is 27.8. The molecule has 0 saturated heterocycles. The first kappa shape index (κ1) is 20.1. The number of amides is 2. The zero-order chi connectivity index (χ0) is 21.3. The second kappa shape index (κ2) is 8.30. The van der Waals surface area contributed by atoms with Gasteiger partial charge in [0.2, 0.25) is 0 Å². The highest BCUT2D eigenvalue weighted by atomic mass is 35.5. The number of rotatable bonds is 6. The molecule has 1 aliphatic heterocycles. The molecule has 6 nitrogen and oxygen atoms in total. The molecule has 8 heteroatoms. The summed E-state index contributed by atoms with van der Waals surface area (Å²) in [5, 5.41) is 10.2. The normalized spacial score (nSPS) is 12.7. The first-order valence-corrected chi connectivity index (χ1v) is 10.5. The summed E-state index contributed by atoms with van der Waals surface area (Å²) in [5.41, 5.74) is 9.31. The van der Waals surface area contributed by atoms with Crippen LogP contribution in [0, 0.1) is 5.41 Å². The smallest absolute Gasteiger partial charge is 0.265 e. The van der Waals surface area contributed by atoms with Crippen LogP contribution in [0.2, 0.25) is 4.34 Å². The molecule has 3 aromatic rings. The van der Waals surface area contributed by atoms with E-state index >= 15 is 0 Å². The summed E-state index contributed by atoms with van der Waals surface area (Å²) in [6, 6.07) is 16.5. The Morgan fingerprint density at radius 2 is 1.87 bits per heavy atom. The predicted molar refractivity (Wildman–Crippen MR) is 119 cm³/mol. The molecular weight excluding hydrogens is 420 g/mol. The number of amidine groups is 1. The van der Waals surface area contributed by atoms with E-state index < -0.39 is 0 Å². The molecule has 152 valence electrons. The zero-order valence-corrected chi connectivity index (χ0v) is 17.5. The van der Waals surface area contributed by atoms with E-state index in [1.54, 1.807) is 23.1 Å². The van der Waals surface area contributed by atoms with Crippen LogP contribution in [0.3, 0.4) is 0 Å². The van der Waals surface area contributed by atoms with Crippen molar-refractivity contribution >= 4 is 46.3 Å². The van der Waals surface area contributed by atoms with Gasteiger partial charge in [0, 0.05) is 19.5 Å². The van der Waals surface area contributed by atoms with Gasteiger partial charge in [0.25, 0.3) is 11.8 Å². The summed E-state index contributed by atoms with van der Waals surface area (Å²) in [6.45, 7) is 0.944. The lowest BCUT2D eigenvalue weighted by molar-refractivity contribution is 0.0767. The van der Waals surface area contributed by atoms with Crippen LogP contribution in [0.15, 0.2) is 54.6 Å². The molecule has 30 heavy (non-hydrogen) atoms. The highest BCUT2D eigenvalue weighted by molar-refractivity contribution is 7.18. The minimum absolute atomic E-state index is 0.113. The van der Waals surface area contributed by atoms with Gasteiger partial charge in [0.05, 0.1) is 26.3 Å². The average molecular weight is 439 g/mol. The van der Waals surface area contributed by atoms with Crippen LogP contribution in [-0.2, 0) is 19.5 Å². The van der Waals surface area contributed by atoms with E-state index in [9.17, 15) is 9.59 Å². The summed E-state index contributed by atoms with van der Waals surface area (Å²) in [6.07, 6.45) is 0.410. The van der Waals surface area contributed by atoms with Crippen LogP contribution in [0.1, 0.15) is 36.7 Å². The molecule has 2 aromatic carbocycles. The number of nitrogens with one attached hydrogen (secondary N) is 2. The Hall–Kier alpha value is -3.16. The van der Waals surface area contributed by atoms with Crippen molar-refractivity contribution in [3.05, 3.63) is 86.1 Å². The number of nitrogens with zero attached hydrogens (tertiary/aromatic N) is 1. The van der Waals surface area contributed by atoms with E-state index in [0.717, 1.165) is 16.7 Å². The maximum atomic E-state index is 13.1. The third-order valence-electron chi connectivity index (χ3n) is 4.85. The van der Waals surface area contributed by atoms with Crippen molar-refractivity contribution in [3.8, 4) is 0 Å². The highest BCUT2D eigenvalue weighted by Gasteiger charge is 2.30. The highest BCUT2D eigenvalue weighted by Crippen LogP contribution is 2.31. The topological polar surface area (TPSA) is 99.3 Å². The fourth-order valence-corrected chi connectivity index (χ4v) is 4.41. The van der Waals surface area contributed by atoms with Crippen LogP contribution in [0.5, 0.6) is 0 Å². The number of anilines is 1. The molecule has 1 aliphatic rings. The maximum Gasteiger partial charge on any atom is 0.265 e. The molecule has 0 atom stereocenters. The molecule has 0 unspecified atom stereocenters. The lowest BCUT2D eigenvalue weighted by Gasteiger charge is -2.16. The van der Waals surface area contributed by atoms with Crippen molar-refractivity contribution in [2.24, 2.45) is 5.73 Å². The monoisotopic (exact) mass is 438 g/mol. The molecule has 2 amide bonds. The Bertz CT molecular complexity index is 1140. The van der Waals surface area contributed by atoms with Gasteiger partial charge in [-0.05, 0) is 34.9 Å². The van der Waals surface area contributed by atoms with E-state index in [0.29, 0.717) is 40.0 Å². The van der Waals surface area contributed by atoms with Gasteiger partial charge in [-0.15, -0.1) is 11.3 Å². The molecule has 2 heterocycles. The van der Waals surface area contributed by atoms with Gasteiger partial charge < -0.3 is 16.0 Å². The van der Waals surface area contributed by atoms with Crippen molar-refractivity contribution in [2.75, 3.05) is 5.32 Å². The number of carbonyl (C=O) groups is 2. The van der Waals surface area contributed by atoms with Crippen LogP contribution in [0.4, 0.5) is 5.69 Å². The number of halogens is 1. The SMILES string of the molecule is N=C(N)Cc1ccc(CN2Cc3cccc(NC(=O)c4ccc(Cl)s4)c3C2=O)cc1. The second-order valence-electron chi connectivity index (χ2n) is 7.08. The number of nitrogens with two attached hydrogens (primary N) is 1. The first-order chi connectivity index (χ1) is 14.4. The van der Waals surface area contributed by atoms with Crippen LogP contribution in [0.25, 0.3) is 0 Å². The second-order valence-corrected chi connectivity index (χ2v) is 8.79. The van der Waals surface area contributed by atoms with Crippen molar-refractivity contribution in [1.29, 1.82) is 5.41 Å². The fourth-order valence-electron chi connectivity index (χ4n) is 3.47. The van der Waals surface area contributed by atoms with Crippen molar-refractivity contribution in [1.82, 2.24) is 4.90 Å². The van der Waals surface area contributed by atoms with Crippen molar-refractivity contribution < 1.29 is 9.59 Å². The molecule has 4 N–H and O–H groups in total. The van der Waals surface area contributed by atoms with E-state index in [4.69, 9.17) is 22.7 Å². The van der Waals surface area contributed by atoms with Crippen LogP contribution < -0.4 is 11.1 Å². The fraction of sp³-hybridized carbons (Fsp3) is 0.136. The number of thiophene rings is 1. The van der Waals surface area contributed by atoms with E-state index in [1.807, 2.05) is 36.4 Å². The van der Waals surface area contributed by atoms with Gasteiger partial charge in [-0.1, -0.05) is 48.0 Å². The molecule has 0 radical (unpaired) electrons. The minimum atomic E-state index is -0.285. The Morgan fingerprint density at radius 1 is 1.13 bits per heavy atom. The molecular formula is C22H19ClN4O2S. The third-order valence-corrected chi connectivity index (χ3v) is 6.08. The molecule has 0 aliphatic carbocycles. The Morgan fingerprint density at radius 3 is 2.53 bits per heavy atom. The standard InChI is InChI=1S/C22H19ClN4O2S/c23-18-9-8-17(30-18)21(28)26-16-3-1-2-15-12-27(22(29)20(15)16)11-14-6-4-13(5-7-14)10-19(24)25/h1-9H,10-12H2,(H3,24,25)(H,26,28). The van der Waals surface area contributed by atoms with Crippen molar-refractivity contribution in [2.45, 2.75) is 19.5 Å². The summed E-state index contributed by atoms with van der Waals surface area (Å²) < 4.78 is 0.537. The Labute approximate surface area is 182 Å².